The average Bonchev–Trinajstić information content (AvgIpc) is 2.61. The molecule has 0 aliphatic rings. The quantitative estimate of drug-likeness (QED) is 0.377. The van der Waals surface area contributed by atoms with Gasteiger partial charge in [-0.05, 0) is 49.2 Å². The van der Waals surface area contributed by atoms with Gasteiger partial charge in [0, 0.05) is 5.88 Å². The van der Waals surface area contributed by atoms with E-state index in [1.165, 1.54) is 24.3 Å². The molecule has 0 saturated heterocycles. The minimum Gasteiger partial charge on any atom is -0.494 e. The van der Waals surface area contributed by atoms with Crippen LogP contribution in [-0.4, -0.2) is 27.5 Å². The minimum atomic E-state index is -3.76. The van der Waals surface area contributed by atoms with Gasteiger partial charge in [0.05, 0.1) is 33.0 Å². The zero-order valence-corrected chi connectivity index (χ0v) is 17.3. The molecule has 2 aromatic carbocycles. The Bertz CT molecular complexity index is 813. The Balaban J connectivity index is 2.26. The zero-order valence-electron chi connectivity index (χ0n) is 14.2. The van der Waals surface area contributed by atoms with Crippen molar-refractivity contribution in [1.29, 1.82) is 0 Å². The minimum absolute atomic E-state index is 0.00663. The molecule has 0 aliphatic heterocycles. The molecule has 0 saturated carbocycles. The molecule has 142 valence electrons. The summed E-state index contributed by atoms with van der Waals surface area (Å²) in [5.41, 5.74) is 0. The number of hydrogen-bond acceptors (Lipinski definition) is 4. The standard InChI is InChI=1S/C18H19Cl3O4S/c1-2-9-25-18-16(20)11-15(12-17(18)21)26(22,23)14-6-4-13(5-7-14)24-10-3-8-19/h4-7,11-12H,2-3,8-10H2,1H3. The fourth-order valence-electron chi connectivity index (χ4n) is 2.13. The second kappa shape index (κ2) is 9.70. The largest absolute Gasteiger partial charge is 0.494 e. The van der Waals surface area contributed by atoms with E-state index in [1.54, 1.807) is 12.1 Å². The molecule has 2 rings (SSSR count). The summed E-state index contributed by atoms with van der Waals surface area (Å²) in [7, 11) is -3.76. The van der Waals surface area contributed by atoms with E-state index < -0.39 is 9.84 Å². The topological polar surface area (TPSA) is 52.6 Å². The number of sulfone groups is 1. The number of alkyl halides is 1. The van der Waals surface area contributed by atoms with E-state index >= 15 is 0 Å². The normalized spacial score (nSPS) is 11.4. The maximum absolute atomic E-state index is 12.8. The lowest BCUT2D eigenvalue weighted by molar-refractivity contribution is 0.317. The predicted molar refractivity (Wildman–Crippen MR) is 105 cm³/mol. The summed E-state index contributed by atoms with van der Waals surface area (Å²) in [6.45, 7) is 2.86. The van der Waals surface area contributed by atoms with E-state index in [2.05, 4.69) is 0 Å². The van der Waals surface area contributed by atoms with Gasteiger partial charge in [-0.1, -0.05) is 30.1 Å². The molecule has 26 heavy (non-hydrogen) atoms. The first-order valence-electron chi connectivity index (χ1n) is 8.06. The Morgan fingerprint density at radius 1 is 0.923 bits per heavy atom. The first-order valence-corrected chi connectivity index (χ1v) is 10.8. The second-order valence-electron chi connectivity index (χ2n) is 5.43. The highest BCUT2D eigenvalue weighted by Gasteiger charge is 2.21. The fraction of sp³-hybridized carbons (Fsp3) is 0.333. The summed E-state index contributed by atoms with van der Waals surface area (Å²) < 4.78 is 36.6. The van der Waals surface area contributed by atoms with E-state index in [0.717, 1.165) is 6.42 Å². The predicted octanol–water partition coefficient (Wildman–Crippen LogP) is 5.62. The number of rotatable bonds is 9. The van der Waals surface area contributed by atoms with Crippen molar-refractivity contribution < 1.29 is 17.9 Å². The molecule has 0 spiro atoms. The summed E-state index contributed by atoms with van der Waals surface area (Å²) >= 11 is 17.9. The molecule has 0 bridgehead atoms. The zero-order chi connectivity index (χ0) is 19.2. The molecule has 0 unspecified atom stereocenters. The van der Waals surface area contributed by atoms with Crippen LogP contribution in [0.5, 0.6) is 11.5 Å². The van der Waals surface area contributed by atoms with E-state index in [-0.39, 0.29) is 25.6 Å². The van der Waals surface area contributed by atoms with Gasteiger partial charge in [-0.15, -0.1) is 11.6 Å². The summed E-state index contributed by atoms with van der Waals surface area (Å²) in [5, 5.41) is 0.316. The summed E-state index contributed by atoms with van der Waals surface area (Å²) in [6.07, 6.45) is 1.50. The molecule has 0 atom stereocenters. The van der Waals surface area contributed by atoms with Crippen LogP contribution in [0.1, 0.15) is 19.8 Å². The van der Waals surface area contributed by atoms with Gasteiger partial charge in [-0.3, -0.25) is 0 Å². The molecule has 0 amide bonds. The van der Waals surface area contributed by atoms with Crippen molar-refractivity contribution in [3.05, 3.63) is 46.4 Å². The molecule has 0 aliphatic carbocycles. The highest BCUT2D eigenvalue weighted by atomic mass is 35.5. The molecule has 2 aromatic rings. The van der Waals surface area contributed by atoms with Crippen molar-refractivity contribution in [3.63, 3.8) is 0 Å². The molecular formula is C18H19Cl3O4S. The van der Waals surface area contributed by atoms with Crippen LogP contribution in [0.25, 0.3) is 0 Å². The third-order valence-electron chi connectivity index (χ3n) is 3.41. The van der Waals surface area contributed by atoms with Crippen molar-refractivity contribution in [2.24, 2.45) is 0 Å². The van der Waals surface area contributed by atoms with Crippen LogP contribution >= 0.6 is 34.8 Å². The van der Waals surface area contributed by atoms with Crippen LogP contribution in [-0.2, 0) is 9.84 Å². The lowest BCUT2D eigenvalue weighted by atomic mass is 10.3. The highest BCUT2D eigenvalue weighted by molar-refractivity contribution is 7.91. The van der Waals surface area contributed by atoms with Crippen molar-refractivity contribution in [2.75, 3.05) is 19.1 Å². The Morgan fingerprint density at radius 3 is 2.08 bits per heavy atom. The summed E-state index contributed by atoms with van der Waals surface area (Å²) in [4.78, 5) is 0.128. The van der Waals surface area contributed by atoms with E-state index in [1.807, 2.05) is 6.92 Å². The van der Waals surface area contributed by atoms with Crippen molar-refractivity contribution in [3.8, 4) is 11.5 Å². The van der Waals surface area contributed by atoms with Gasteiger partial charge in [0.15, 0.2) is 5.75 Å². The van der Waals surface area contributed by atoms with Gasteiger partial charge in [0.25, 0.3) is 0 Å². The van der Waals surface area contributed by atoms with E-state index in [4.69, 9.17) is 44.3 Å². The number of benzene rings is 2. The van der Waals surface area contributed by atoms with Crippen molar-refractivity contribution >= 4 is 44.6 Å². The van der Waals surface area contributed by atoms with Gasteiger partial charge in [-0.2, -0.15) is 0 Å². The maximum atomic E-state index is 12.8. The number of ether oxygens (including phenoxy) is 2. The first-order chi connectivity index (χ1) is 12.4. The Morgan fingerprint density at radius 2 is 1.54 bits per heavy atom. The van der Waals surface area contributed by atoms with Gasteiger partial charge in [-0.25, -0.2) is 8.42 Å². The first kappa shape index (κ1) is 21.2. The summed E-state index contributed by atoms with van der Waals surface area (Å²) in [6, 6.07) is 8.85. The third-order valence-corrected chi connectivity index (χ3v) is 5.99. The van der Waals surface area contributed by atoms with Gasteiger partial charge < -0.3 is 9.47 Å². The number of halogens is 3. The lowest BCUT2D eigenvalue weighted by Crippen LogP contribution is -2.04. The molecule has 8 heteroatoms. The average molecular weight is 438 g/mol. The van der Waals surface area contributed by atoms with E-state index in [9.17, 15) is 8.42 Å². The van der Waals surface area contributed by atoms with Gasteiger partial charge in [0.2, 0.25) is 9.84 Å². The van der Waals surface area contributed by atoms with E-state index in [0.29, 0.717) is 31.3 Å². The fourth-order valence-corrected chi connectivity index (χ4v) is 4.28. The monoisotopic (exact) mass is 436 g/mol. The van der Waals surface area contributed by atoms with Crippen LogP contribution in [0.4, 0.5) is 0 Å². The van der Waals surface area contributed by atoms with Crippen LogP contribution in [0.3, 0.4) is 0 Å². The number of hydrogen-bond donors (Lipinski definition) is 0. The third kappa shape index (κ3) is 5.19. The molecule has 0 aromatic heterocycles. The van der Waals surface area contributed by atoms with Crippen LogP contribution in [0.15, 0.2) is 46.2 Å². The molecule has 4 nitrogen and oxygen atoms in total. The Labute approximate surface area is 168 Å². The SMILES string of the molecule is CCCOc1c(Cl)cc(S(=O)(=O)c2ccc(OCCCCl)cc2)cc1Cl. The lowest BCUT2D eigenvalue weighted by Gasteiger charge is -2.12. The molecular weight excluding hydrogens is 419 g/mol. The van der Waals surface area contributed by atoms with Crippen molar-refractivity contribution in [2.45, 2.75) is 29.6 Å². The Hall–Kier alpha value is -1.14. The van der Waals surface area contributed by atoms with Gasteiger partial charge in [0.1, 0.15) is 5.75 Å². The molecule has 0 heterocycles. The highest BCUT2D eigenvalue weighted by Crippen LogP contribution is 2.37. The Kier molecular flexibility index (Phi) is 7.89. The van der Waals surface area contributed by atoms with Crippen LogP contribution < -0.4 is 9.47 Å². The molecule has 0 N–H and O–H groups in total. The maximum Gasteiger partial charge on any atom is 0.206 e. The molecule has 0 fully saturated rings. The molecule has 0 radical (unpaired) electrons. The smallest absolute Gasteiger partial charge is 0.206 e. The van der Waals surface area contributed by atoms with Crippen molar-refractivity contribution in [1.82, 2.24) is 0 Å². The van der Waals surface area contributed by atoms with Crippen LogP contribution in [0, 0.1) is 0 Å². The second-order valence-corrected chi connectivity index (χ2v) is 8.57. The van der Waals surface area contributed by atoms with Crippen LogP contribution in [0.2, 0.25) is 10.0 Å². The van der Waals surface area contributed by atoms with Gasteiger partial charge >= 0.3 is 0 Å². The summed E-state index contributed by atoms with van der Waals surface area (Å²) in [5.74, 6) is 1.37.